The van der Waals surface area contributed by atoms with Crippen LogP contribution in [0.2, 0.25) is 0 Å². The van der Waals surface area contributed by atoms with E-state index in [1.54, 1.807) is 18.2 Å². The molecule has 1 fully saturated rings. The molecule has 0 atom stereocenters. The van der Waals surface area contributed by atoms with Gasteiger partial charge in [-0.15, -0.1) is 0 Å². The molecular formula is C10H10BrN3O2S2. The SMILES string of the molecule is O=S(=O)(NC1(CBr)CC1)c1cccc2c1N=S=N2. The number of halogens is 1. The topological polar surface area (TPSA) is 70.9 Å². The van der Waals surface area contributed by atoms with Gasteiger partial charge in [0.1, 0.15) is 16.3 Å². The third kappa shape index (κ3) is 2.07. The van der Waals surface area contributed by atoms with Crippen LogP contribution < -0.4 is 4.72 Å². The van der Waals surface area contributed by atoms with E-state index in [4.69, 9.17) is 0 Å². The molecule has 0 aromatic heterocycles. The number of benzene rings is 1. The quantitative estimate of drug-likeness (QED) is 0.863. The Labute approximate surface area is 117 Å². The van der Waals surface area contributed by atoms with Crippen LogP contribution in [0.15, 0.2) is 31.8 Å². The maximum Gasteiger partial charge on any atom is 0.243 e. The number of hydrogen-bond acceptors (Lipinski definition) is 4. The first-order chi connectivity index (χ1) is 8.56. The Bertz CT molecular complexity index is 676. The molecular weight excluding hydrogens is 338 g/mol. The molecule has 5 nitrogen and oxygen atoms in total. The van der Waals surface area contributed by atoms with E-state index in [2.05, 4.69) is 29.4 Å². The third-order valence-corrected chi connectivity index (χ3v) is 6.22. The van der Waals surface area contributed by atoms with Crippen LogP contribution in [0.3, 0.4) is 0 Å². The minimum absolute atomic E-state index is 0.209. The summed E-state index contributed by atoms with van der Waals surface area (Å²) in [4.78, 5) is 0.209. The lowest BCUT2D eigenvalue weighted by atomic mass is 10.3. The molecule has 1 aromatic carbocycles. The Morgan fingerprint density at radius 3 is 2.83 bits per heavy atom. The van der Waals surface area contributed by atoms with Crippen LogP contribution in [-0.4, -0.2) is 19.3 Å². The number of hydrogen-bond donors (Lipinski definition) is 1. The summed E-state index contributed by atoms with van der Waals surface area (Å²) in [6, 6.07) is 5.01. The zero-order valence-electron chi connectivity index (χ0n) is 9.26. The van der Waals surface area contributed by atoms with Gasteiger partial charge in [0.05, 0.1) is 11.4 Å². The second-order valence-electron chi connectivity index (χ2n) is 4.41. The van der Waals surface area contributed by atoms with Crippen LogP contribution >= 0.6 is 15.9 Å². The van der Waals surface area contributed by atoms with Crippen LogP contribution in [0.25, 0.3) is 0 Å². The summed E-state index contributed by atoms with van der Waals surface area (Å²) in [7, 11) is -3.54. The van der Waals surface area contributed by atoms with Crippen molar-refractivity contribution in [3.63, 3.8) is 0 Å². The van der Waals surface area contributed by atoms with Crippen molar-refractivity contribution in [1.29, 1.82) is 0 Å². The van der Waals surface area contributed by atoms with Crippen LogP contribution in [0.5, 0.6) is 0 Å². The van der Waals surface area contributed by atoms with Gasteiger partial charge in [-0.1, -0.05) is 22.0 Å². The summed E-state index contributed by atoms with van der Waals surface area (Å²) >= 11 is 4.37. The molecule has 1 aliphatic heterocycles. The molecule has 0 spiro atoms. The molecule has 1 heterocycles. The highest BCUT2D eigenvalue weighted by molar-refractivity contribution is 9.09. The van der Waals surface area contributed by atoms with Gasteiger partial charge in [-0.25, -0.2) is 13.1 Å². The van der Waals surface area contributed by atoms with Gasteiger partial charge in [0.25, 0.3) is 0 Å². The first-order valence-corrected chi connectivity index (χ1v) is 8.71. The summed E-state index contributed by atoms with van der Waals surface area (Å²) in [6.45, 7) is 0. The second kappa shape index (κ2) is 4.22. The van der Waals surface area contributed by atoms with E-state index in [9.17, 15) is 8.42 Å². The van der Waals surface area contributed by atoms with Crippen LogP contribution in [0.4, 0.5) is 11.4 Å². The summed E-state index contributed by atoms with van der Waals surface area (Å²) < 4.78 is 35.6. The molecule has 0 radical (unpaired) electrons. The molecule has 0 saturated heterocycles. The maximum atomic E-state index is 12.4. The maximum absolute atomic E-state index is 12.4. The molecule has 96 valence electrons. The van der Waals surface area contributed by atoms with E-state index < -0.39 is 10.0 Å². The van der Waals surface area contributed by atoms with Gasteiger partial charge in [-0.3, -0.25) is 0 Å². The fourth-order valence-corrected chi connectivity index (χ4v) is 4.86. The first-order valence-electron chi connectivity index (χ1n) is 5.38. The number of nitrogens with one attached hydrogen (secondary N) is 1. The van der Waals surface area contributed by atoms with Crippen molar-refractivity contribution < 1.29 is 8.42 Å². The lowest BCUT2D eigenvalue weighted by Crippen LogP contribution is -2.38. The van der Waals surface area contributed by atoms with E-state index in [0.29, 0.717) is 16.7 Å². The van der Waals surface area contributed by atoms with Gasteiger partial charge < -0.3 is 0 Å². The monoisotopic (exact) mass is 347 g/mol. The number of rotatable bonds is 4. The van der Waals surface area contributed by atoms with Crippen LogP contribution in [0, 0.1) is 0 Å². The largest absolute Gasteiger partial charge is 0.243 e. The van der Waals surface area contributed by atoms with Crippen molar-refractivity contribution in [3.8, 4) is 0 Å². The minimum atomic E-state index is -3.54. The zero-order valence-corrected chi connectivity index (χ0v) is 12.5. The summed E-state index contributed by atoms with van der Waals surface area (Å²) in [5.74, 6) is 0. The van der Waals surface area contributed by atoms with Gasteiger partial charge in [-0.05, 0) is 25.0 Å². The van der Waals surface area contributed by atoms with Gasteiger partial charge in [-0.2, -0.15) is 8.73 Å². The Morgan fingerprint density at radius 2 is 2.17 bits per heavy atom. The standard InChI is InChI=1S/C10H10BrN3O2S2/c11-6-10(4-5-10)14-18(15,16)8-3-1-2-7-9(8)13-17-12-7/h1-3,14H,4-6H2. The minimum Gasteiger partial charge on any atom is -0.207 e. The van der Waals surface area contributed by atoms with Crippen molar-refractivity contribution in [2.24, 2.45) is 8.73 Å². The summed E-state index contributed by atoms with van der Waals surface area (Å²) in [5, 5.41) is 0.629. The molecule has 2 aliphatic rings. The average Bonchev–Trinajstić information content (AvgIpc) is 2.94. The predicted molar refractivity (Wildman–Crippen MR) is 74.1 cm³/mol. The average molecular weight is 348 g/mol. The molecule has 1 aromatic rings. The number of sulfonamides is 1. The second-order valence-corrected chi connectivity index (χ2v) is 7.15. The van der Waals surface area contributed by atoms with Crippen molar-refractivity contribution in [2.75, 3.05) is 5.33 Å². The van der Waals surface area contributed by atoms with Crippen LogP contribution in [0.1, 0.15) is 12.8 Å². The van der Waals surface area contributed by atoms with Gasteiger partial charge >= 0.3 is 0 Å². The van der Waals surface area contributed by atoms with Crippen molar-refractivity contribution in [1.82, 2.24) is 4.72 Å². The van der Waals surface area contributed by atoms with E-state index in [0.717, 1.165) is 24.2 Å². The molecule has 1 saturated carbocycles. The Kier molecular flexibility index (Phi) is 2.92. The molecule has 18 heavy (non-hydrogen) atoms. The number of alkyl halides is 1. The molecule has 0 bridgehead atoms. The predicted octanol–water partition coefficient (Wildman–Crippen LogP) is 2.62. The van der Waals surface area contributed by atoms with Gasteiger partial charge in [0.2, 0.25) is 10.0 Å². The third-order valence-electron chi connectivity index (χ3n) is 3.00. The number of nitrogens with zero attached hydrogens (tertiary/aromatic N) is 2. The molecule has 3 rings (SSSR count). The Morgan fingerprint density at radius 1 is 1.39 bits per heavy atom. The molecule has 0 amide bonds. The smallest absolute Gasteiger partial charge is 0.207 e. The summed E-state index contributed by atoms with van der Waals surface area (Å²) in [5.41, 5.74) is 0.747. The molecule has 1 aliphatic carbocycles. The lowest BCUT2D eigenvalue weighted by molar-refractivity contribution is 0.561. The normalized spacial score (nSPS) is 19.4. The van der Waals surface area contributed by atoms with Crippen molar-refractivity contribution >= 4 is 48.7 Å². The highest BCUT2D eigenvalue weighted by atomic mass is 79.9. The van der Waals surface area contributed by atoms with Crippen molar-refractivity contribution in [3.05, 3.63) is 18.2 Å². The van der Waals surface area contributed by atoms with E-state index >= 15 is 0 Å². The van der Waals surface area contributed by atoms with Gasteiger partial charge in [0, 0.05) is 10.9 Å². The van der Waals surface area contributed by atoms with Gasteiger partial charge in [0.15, 0.2) is 0 Å². The summed E-state index contributed by atoms with van der Waals surface area (Å²) in [6.07, 6.45) is 1.73. The van der Waals surface area contributed by atoms with E-state index in [1.165, 1.54) is 0 Å². The first kappa shape index (κ1) is 12.5. The fourth-order valence-electron chi connectivity index (χ4n) is 1.75. The lowest BCUT2D eigenvalue weighted by Gasteiger charge is -2.15. The highest BCUT2D eigenvalue weighted by Gasteiger charge is 2.45. The molecule has 0 unspecified atom stereocenters. The Balaban J connectivity index is 2.00. The number of fused-ring (bicyclic) bond motifs is 1. The van der Waals surface area contributed by atoms with Crippen LogP contribution in [-0.2, 0) is 21.4 Å². The van der Waals surface area contributed by atoms with E-state index in [-0.39, 0.29) is 10.4 Å². The van der Waals surface area contributed by atoms with Crippen molar-refractivity contribution in [2.45, 2.75) is 23.3 Å². The zero-order chi connectivity index (χ0) is 12.8. The molecule has 8 heteroatoms. The molecule has 1 N–H and O–H groups in total. The van der Waals surface area contributed by atoms with E-state index in [1.807, 2.05) is 0 Å². The fraction of sp³-hybridized carbons (Fsp3) is 0.400. The highest BCUT2D eigenvalue weighted by Crippen LogP contribution is 2.41. The Hall–Kier alpha value is -0.570.